The van der Waals surface area contributed by atoms with Crippen LogP contribution in [0.4, 0.5) is 0 Å². The minimum atomic E-state index is 0.582. The topological polar surface area (TPSA) is 29.5 Å². The summed E-state index contributed by atoms with van der Waals surface area (Å²) in [5.41, 5.74) is 4.68. The van der Waals surface area contributed by atoms with Crippen LogP contribution >= 0.6 is 0 Å². The third-order valence-corrected chi connectivity index (χ3v) is 4.99. The van der Waals surface area contributed by atoms with Crippen LogP contribution in [0.15, 0.2) is 59.7 Å². The summed E-state index contributed by atoms with van der Waals surface area (Å²) in [7, 11) is 6.05. The third-order valence-electron chi connectivity index (χ3n) is 4.99. The van der Waals surface area contributed by atoms with Crippen molar-refractivity contribution in [3.05, 3.63) is 65.3 Å². The predicted molar refractivity (Wildman–Crippen MR) is 120 cm³/mol. The summed E-state index contributed by atoms with van der Waals surface area (Å²) in [4.78, 5) is 12.5. The second-order valence-electron chi connectivity index (χ2n) is 8.03. The number of rotatable bonds is 6. The van der Waals surface area contributed by atoms with E-state index in [1.807, 2.05) is 32.9 Å². The minimum Gasteiger partial charge on any atom is -0.497 e. The molecule has 28 heavy (non-hydrogen) atoms. The van der Waals surface area contributed by atoms with Gasteiger partial charge in [-0.3, -0.25) is 4.79 Å². The molecule has 0 aromatic heterocycles. The number of methoxy groups -OCH3 is 1. The fourth-order valence-electron chi connectivity index (χ4n) is 3.64. The van der Waals surface area contributed by atoms with Crippen LogP contribution in [0.2, 0.25) is 0 Å². The molecule has 2 atom stereocenters. The van der Waals surface area contributed by atoms with Crippen LogP contribution in [0.5, 0.6) is 5.75 Å². The highest BCUT2D eigenvalue weighted by atomic mass is 16.5. The van der Waals surface area contributed by atoms with Gasteiger partial charge in [0.05, 0.1) is 7.11 Å². The Hall–Kier alpha value is -2.13. The molecule has 0 amide bonds. The molecule has 3 heteroatoms. The molecule has 154 valence electrons. The molecular weight excluding hydrogens is 346 g/mol. The Morgan fingerprint density at radius 2 is 2.04 bits per heavy atom. The van der Waals surface area contributed by atoms with Crippen molar-refractivity contribution in [3.8, 4) is 5.75 Å². The summed E-state index contributed by atoms with van der Waals surface area (Å²) in [6.45, 7) is 11.1. The van der Waals surface area contributed by atoms with Crippen LogP contribution in [0, 0.1) is 5.92 Å². The zero-order chi connectivity index (χ0) is 21.1. The third kappa shape index (κ3) is 8.26. The Morgan fingerprint density at radius 3 is 2.54 bits per heavy atom. The molecular formula is C25H37NO2. The summed E-state index contributed by atoms with van der Waals surface area (Å²) in [5.74, 6) is 2.25. The van der Waals surface area contributed by atoms with Gasteiger partial charge in [-0.2, -0.15) is 0 Å². The highest BCUT2D eigenvalue weighted by molar-refractivity contribution is 5.77. The van der Waals surface area contributed by atoms with Crippen molar-refractivity contribution in [3.63, 3.8) is 0 Å². The fourth-order valence-corrected chi connectivity index (χ4v) is 3.64. The molecule has 0 heterocycles. The maximum absolute atomic E-state index is 10.2. The van der Waals surface area contributed by atoms with Gasteiger partial charge in [-0.15, -0.1) is 0 Å². The Morgan fingerprint density at radius 1 is 1.32 bits per heavy atom. The first-order chi connectivity index (χ1) is 13.3. The van der Waals surface area contributed by atoms with Gasteiger partial charge in [0.15, 0.2) is 0 Å². The lowest BCUT2D eigenvalue weighted by Gasteiger charge is -2.35. The number of benzene rings is 1. The lowest BCUT2D eigenvalue weighted by atomic mass is 9.73. The number of aldehydes is 1. The Labute approximate surface area is 171 Å². The molecule has 1 aromatic rings. The molecule has 1 aliphatic carbocycles. The molecule has 0 aliphatic heterocycles. The number of hydrogen-bond donors (Lipinski definition) is 0. The summed E-state index contributed by atoms with van der Waals surface area (Å²) >= 11 is 0. The molecule has 1 fully saturated rings. The van der Waals surface area contributed by atoms with Gasteiger partial charge in [-0.1, -0.05) is 42.0 Å². The maximum atomic E-state index is 10.2. The van der Waals surface area contributed by atoms with Crippen LogP contribution in [0.3, 0.4) is 0 Å². The van der Waals surface area contributed by atoms with Gasteiger partial charge in [-0.05, 0) is 83.7 Å². The van der Waals surface area contributed by atoms with Crippen LogP contribution in [-0.2, 0) is 4.79 Å². The van der Waals surface area contributed by atoms with Gasteiger partial charge in [0.25, 0.3) is 0 Å². The molecule has 2 rings (SSSR count). The Balaban J connectivity index is 0.000000370. The van der Waals surface area contributed by atoms with E-state index in [0.717, 1.165) is 36.1 Å². The van der Waals surface area contributed by atoms with E-state index in [9.17, 15) is 4.79 Å². The van der Waals surface area contributed by atoms with Gasteiger partial charge in [0.1, 0.15) is 12.0 Å². The number of carbonyl (C=O) groups is 1. The number of nitrogens with zero attached hydrogens (tertiary/aromatic N) is 1. The molecule has 2 unspecified atom stereocenters. The lowest BCUT2D eigenvalue weighted by Crippen LogP contribution is -2.29. The van der Waals surface area contributed by atoms with Gasteiger partial charge in [0, 0.05) is 12.1 Å². The van der Waals surface area contributed by atoms with E-state index < -0.39 is 0 Å². The van der Waals surface area contributed by atoms with Gasteiger partial charge in [-0.25, -0.2) is 0 Å². The van der Waals surface area contributed by atoms with Crippen LogP contribution in [0.1, 0.15) is 51.5 Å². The SMILES string of the molecule is C/C=C(/C=O)C=C(C)C.C=C1CCC(CN(C)C)C(c2cccc(OC)c2)C1. The number of ether oxygens (including phenoxy) is 1. The van der Waals surface area contributed by atoms with Crippen molar-refractivity contribution < 1.29 is 9.53 Å². The molecule has 0 N–H and O–H groups in total. The standard InChI is InChI=1S/C17H25NO.C8H12O/c1-13-8-9-15(12-18(2)3)17(10-13)14-6-5-7-16(11-14)19-4;1-4-8(6-9)5-7(2)3/h5-7,11,15,17H,1,8-10,12H2,2-4H3;4-6H,1-3H3/b;8-4+. The van der Waals surface area contributed by atoms with E-state index in [4.69, 9.17) is 4.74 Å². The highest BCUT2D eigenvalue weighted by Crippen LogP contribution is 2.40. The summed E-state index contributed by atoms with van der Waals surface area (Å²) in [5, 5.41) is 0. The normalized spacial score (nSPS) is 19.5. The second-order valence-corrected chi connectivity index (χ2v) is 8.03. The van der Waals surface area contributed by atoms with Crippen molar-refractivity contribution in [2.24, 2.45) is 5.92 Å². The molecule has 1 saturated carbocycles. The van der Waals surface area contributed by atoms with E-state index in [2.05, 4.69) is 43.8 Å². The molecule has 0 radical (unpaired) electrons. The van der Waals surface area contributed by atoms with Gasteiger partial charge < -0.3 is 9.64 Å². The van der Waals surface area contributed by atoms with Gasteiger partial charge >= 0.3 is 0 Å². The quantitative estimate of drug-likeness (QED) is 0.269. The maximum Gasteiger partial charge on any atom is 0.149 e. The lowest BCUT2D eigenvalue weighted by molar-refractivity contribution is -0.104. The summed E-state index contributed by atoms with van der Waals surface area (Å²) in [6, 6.07) is 8.53. The summed E-state index contributed by atoms with van der Waals surface area (Å²) < 4.78 is 5.36. The van der Waals surface area contributed by atoms with Crippen molar-refractivity contribution >= 4 is 6.29 Å². The van der Waals surface area contributed by atoms with Crippen molar-refractivity contribution in [2.45, 2.75) is 46.0 Å². The first-order valence-electron chi connectivity index (χ1n) is 10.0. The average molecular weight is 384 g/mol. The molecule has 1 aliphatic rings. The Bertz CT molecular complexity index is 696. The number of hydrogen-bond acceptors (Lipinski definition) is 3. The zero-order valence-corrected chi connectivity index (χ0v) is 18.5. The first kappa shape index (κ1) is 23.9. The predicted octanol–water partition coefficient (Wildman–Crippen LogP) is 5.79. The van der Waals surface area contributed by atoms with E-state index in [1.165, 1.54) is 24.0 Å². The average Bonchev–Trinajstić information content (AvgIpc) is 2.67. The summed E-state index contributed by atoms with van der Waals surface area (Å²) in [6.07, 6.45) is 8.05. The van der Waals surface area contributed by atoms with E-state index >= 15 is 0 Å². The van der Waals surface area contributed by atoms with Crippen LogP contribution in [0.25, 0.3) is 0 Å². The second kappa shape index (κ2) is 12.4. The van der Waals surface area contributed by atoms with Crippen molar-refractivity contribution in [1.29, 1.82) is 0 Å². The number of allylic oxidation sites excluding steroid dienone is 5. The molecule has 1 aromatic carbocycles. The van der Waals surface area contributed by atoms with Gasteiger partial charge in [0.2, 0.25) is 0 Å². The number of carbonyl (C=O) groups excluding carboxylic acids is 1. The fraction of sp³-hybridized carbons (Fsp3) is 0.480. The molecule has 0 spiro atoms. The zero-order valence-electron chi connectivity index (χ0n) is 18.5. The highest BCUT2D eigenvalue weighted by Gasteiger charge is 2.28. The van der Waals surface area contributed by atoms with E-state index in [0.29, 0.717) is 11.8 Å². The largest absolute Gasteiger partial charge is 0.497 e. The first-order valence-corrected chi connectivity index (χ1v) is 10.0. The Kier molecular flexibility index (Phi) is 10.5. The van der Waals surface area contributed by atoms with Crippen molar-refractivity contribution in [2.75, 3.05) is 27.7 Å². The van der Waals surface area contributed by atoms with Crippen molar-refractivity contribution in [1.82, 2.24) is 4.90 Å². The van der Waals surface area contributed by atoms with E-state index in [-0.39, 0.29) is 0 Å². The molecule has 0 saturated heterocycles. The van der Waals surface area contributed by atoms with Crippen LogP contribution in [-0.4, -0.2) is 38.9 Å². The molecule has 3 nitrogen and oxygen atoms in total. The molecule has 0 bridgehead atoms. The minimum absolute atomic E-state index is 0.582. The monoisotopic (exact) mass is 383 g/mol. The van der Waals surface area contributed by atoms with Crippen LogP contribution < -0.4 is 4.74 Å². The smallest absolute Gasteiger partial charge is 0.149 e. The van der Waals surface area contributed by atoms with E-state index in [1.54, 1.807) is 13.2 Å².